The average Bonchev–Trinajstić information content (AvgIpc) is 2.42. The number of nitrogens with one attached hydrogen (secondary N) is 1. The van der Waals surface area contributed by atoms with E-state index in [2.05, 4.69) is 21.2 Å². The molecule has 0 aliphatic carbocycles. The lowest BCUT2D eigenvalue weighted by Gasteiger charge is -2.12. The van der Waals surface area contributed by atoms with Crippen LogP contribution in [0.5, 0.6) is 5.75 Å². The molecule has 21 heavy (non-hydrogen) atoms. The molecule has 0 atom stereocenters. The Labute approximate surface area is 132 Å². The minimum atomic E-state index is -0.247. The summed E-state index contributed by atoms with van der Waals surface area (Å²) in [7, 11) is 0. The van der Waals surface area contributed by atoms with Crippen molar-refractivity contribution in [1.29, 1.82) is 0 Å². The molecule has 4 nitrogen and oxygen atoms in total. The Morgan fingerprint density at radius 2 is 2.05 bits per heavy atom. The number of nitrogen functional groups attached to an aromatic ring is 1. The van der Waals surface area contributed by atoms with Crippen LogP contribution in [-0.2, 0) is 4.79 Å². The molecule has 0 radical (unpaired) electrons. The monoisotopic (exact) mass is 348 g/mol. The van der Waals surface area contributed by atoms with Gasteiger partial charge in [-0.05, 0) is 59.1 Å². The number of amides is 1. The number of halogens is 1. The Hall–Kier alpha value is -2.01. The molecule has 0 saturated heterocycles. The quantitative estimate of drug-likeness (QED) is 0.828. The predicted molar refractivity (Wildman–Crippen MR) is 88.6 cm³/mol. The van der Waals surface area contributed by atoms with Gasteiger partial charge in [0.1, 0.15) is 5.75 Å². The zero-order valence-corrected chi connectivity index (χ0v) is 13.5. The van der Waals surface area contributed by atoms with Crippen LogP contribution < -0.4 is 15.8 Å². The molecule has 0 saturated carbocycles. The Bertz CT molecular complexity index is 651. The maximum absolute atomic E-state index is 12.0. The molecule has 0 aliphatic rings. The molecule has 1 amide bonds. The number of carbonyl (C=O) groups excluding carboxylic acids is 1. The van der Waals surface area contributed by atoms with E-state index in [0.29, 0.717) is 17.1 Å². The molecule has 0 aliphatic heterocycles. The van der Waals surface area contributed by atoms with Gasteiger partial charge in [0, 0.05) is 0 Å². The number of anilines is 2. The van der Waals surface area contributed by atoms with Gasteiger partial charge in [0.25, 0.3) is 5.91 Å². The lowest BCUT2D eigenvalue weighted by atomic mass is 10.1. The molecule has 5 heteroatoms. The first kappa shape index (κ1) is 15.4. The van der Waals surface area contributed by atoms with Crippen LogP contribution in [0.4, 0.5) is 11.4 Å². The van der Waals surface area contributed by atoms with Gasteiger partial charge in [0.05, 0.1) is 15.8 Å². The van der Waals surface area contributed by atoms with Crippen molar-refractivity contribution in [2.75, 3.05) is 17.7 Å². The highest BCUT2D eigenvalue weighted by Crippen LogP contribution is 2.26. The Morgan fingerprint density at radius 1 is 1.29 bits per heavy atom. The molecule has 0 heterocycles. The fourth-order valence-electron chi connectivity index (χ4n) is 1.90. The van der Waals surface area contributed by atoms with Crippen LogP contribution in [0, 0.1) is 13.8 Å². The van der Waals surface area contributed by atoms with Crippen molar-refractivity contribution < 1.29 is 9.53 Å². The highest BCUT2D eigenvalue weighted by molar-refractivity contribution is 9.10. The van der Waals surface area contributed by atoms with Gasteiger partial charge < -0.3 is 15.8 Å². The molecule has 2 aromatic rings. The van der Waals surface area contributed by atoms with E-state index in [9.17, 15) is 4.79 Å². The number of aryl methyl sites for hydroxylation is 2. The third-order valence-corrected chi connectivity index (χ3v) is 3.64. The fraction of sp³-hybridized carbons (Fsp3) is 0.188. The first-order chi connectivity index (χ1) is 9.97. The molecule has 0 bridgehead atoms. The van der Waals surface area contributed by atoms with Crippen LogP contribution in [-0.4, -0.2) is 12.5 Å². The van der Waals surface area contributed by atoms with Crippen molar-refractivity contribution in [3.8, 4) is 5.75 Å². The van der Waals surface area contributed by atoms with Crippen LogP contribution in [0.2, 0.25) is 0 Å². The van der Waals surface area contributed by atoms with Gasteiger partial charge in [0.2, 0.25) is 0 Å². The zero-order chi connectivity index (χ0) is 15.4. The topological polar surface area (TPSA) is 64.3 Å². The van der Waals surface area contributed by atoms with E-state index in [0.717, 1.165) is 15.6 Å². The third kappa shape index (κ3) is 3.98. The maximum Gasteiger partial charge on any atom is 0.262 e. The van der Waals surface area contributed by atoms with E-state index in [1.165, 1.54) is 0 Å². The van der Waals surface area contributed by atoms with E-state index >= 15 is 0 Å². The summed E-state index contributed by atoms with van der Waals surface area (Å²) < 4.78 is 6.33. The highest BCUT2D eigenvalue weighted by atomic mass is 79.9. The smallest absolute Gasteiger partial charge is 0.262 e. The van der Waals surface area contributed by atoms with Gasteiger partial charge in [-0.15, -0.1) is 0 Å². The van der Waals surface area contributed by atoms with E-state index in [1.807, 2.05) is 44.2 Å². The summed E-state index contributed by atoms with van der Waals surface area (Å²) in [6.45, 7) is 3.81. The molecular weight excluding hydrogens is 332 g/mol. The Balaban J connectivity index is 1.99. The summed E-state index contributed by atoms with van der Waals surface area (Å²) in [4.78, 5) is 12.0. The van der Waals surface area contributed by atoms with Crippen LogP contribution in [0.3, 0.4) is 0 Å². The number of hydrogen-bond donors (Lipinski definition) is 2. The normalized spacial score (nSPS) is 10.2. The van der Waals surface area contributed by atoms with Crippen LogP contribution in [0.25, 0.3) is 0 Å². The van der Waals surface area contributed by atoms with Crippen molar-refractivity contribution in [1.82, 2.24) is 0 Å². The second kappa shape index (κ2) is 6.63. The Morgan fingerprint density at radius 3 is 2.71 bits per heavy atom. The number of nitrogens with two attached hydrogens (primary N) is 1. The summed E-state index contributed by atoms with van der Waals surface area (Å²) >= 11 is 3.41. The summed E-state index contributed by atoms with van der Waals surface area (Å²) in [6.07, 6.45) is 0. The SMILES string of the molecule is Cc1ccc(OCC(=O)Nc2c(C)cccc2N)c(Br)c1. The standard InChI is InChI=1S/C16H17BrN2O2/c1-10-6-7-14(12(17)8-10)21-9-15(20)19-16-11(2)4-3-5-13(16)18/h3-8H,9,18H2,1-2H3,(H,19,20). The summed E-state index contributed by atoms with van der Waals surface area (Å²) in [5.74, 6) is 0.386. The summed E-state index contributed by atoms with van der Waals surface area (Å²) in [6, 6.07) is 11.2. The van der Waals surface area contributed by atoms with E-state index in [-0.39, 0.29) is 12.5 Å². The van der Waals surface area contributed by atoms with Gasteiger partial charge in [0.15, 0.2) is 6.61 Å². The average molecular weight is 349 g/mol. The molecule has 0 unspecified atom stereocenters. The van der Waals surface area contributed by atoms with Gasteiger partial charge in [-0.3, -0.25) is 4.79 Å². The van der Waals surface area contributed by atoms with Gasteiger partial charge >= 0.3 is 0 Å². The second-order valence-corrected chi connectivity index (χ2v) is 5.66. The first-order valence-electron chi connectivity index (χ1n) is 6.51. The molecule has 3 N–H and O–H groups in total. The van der Waals surface area contributed by atoms with Gasteiger partial charge in [-0.2, -0.15) is 0 Å². The minimum Gasteiger partial charge on any atom is -0.483 e. The lowest BCUT2D eigenvalue weighted by molar-refractivity contribution is -0.118. The molecule has 2 aromatic carbocycles. The number of hydrogen-bond acceptors (Lipinski definition) is 3. The predicted octanol–water partition coefficient (Wildman–Crippen LogP) is 3.67. The molecule has 0 fully saturated rings. The molecular formula is C16H17BrN2O2. The molecule has 0 spiro atoms. The highest BCUT2D eigenvalue weighted by Gasteiger charge is 2.09. The van der Waals surface area contributed by atoms with Crippen molar-refractivity contribution >= 4 is 33.2 Å². The summed E-state index contributed by atoms with van der Waals surface area (Å²) in [5, 5.41) is 2.78. The number of rotatable bonds is 4. The van der Waals surface area contributed by atoms with E-state index in [1.54, 1.807) is 6.07 Å². The minimum absolute atomic E-state index is 0.0740. The van der Waals surface area contributed by atoms with Crippen LogP contribution in [0.15, 0.2) is 40.9 Å². The lowest BCUT2D eigenvalue weighted by Crippen LogP contribution is -2.21. The summed E-state index contributed by atoms with van der Waals surface area (Å²) in [5.41, 5.74) is 9.06. The largest absolute Gasteiger partial charge is 0.483 e. The van der Waals surface area contributed by atoms with Crippen molar-refractivity contribution in [2.24, 2.45) is 0 Å². The fourth-order valence-corrected chi connectivity index (χ4v) is 2.51. The molecule has 2 rings (SSSR count). The second-order valence-electron chi connectivity index (χ2n) is 4.81. The third-order valence-electron chi connectivity index (χ3n) is 3.02. The van der Waals surface area contributed by atoms with E-state index < -0.39 is 0 Å². The number of carbonyl (C=O) groups is 1. The van der Waals surface area contributed by atoms with Gasteiger partial charge in [-0.25, -0.2) is 0 Å². The first-order valence-corrected chi connectivity index (χ1v) is 7.30. The zero-order valence-electron chi connectivity index (χ0n) is 11.9. The number of benzene rings is 2. The molecule has 0 aromatic heterocycles. The number of ether oxygens (including phenoxy) is 1. The Kier molecular flexibility index (Phi) is 4.85. The number of para-hydroxylation sites is 1. The van der Waals surface area contributed by atoms with Gasteiger partial charge in [-0.1, -0.05) is 18.2 Å². The van der Waals surface area contributed by atoms with E-state index in [4.69, 9.17) is 10.5 Å². The van der Waals surface area contributed by atoms with Crippen LogP contribution in [0.1, 0.15) is 11.1 Å². The van der Waals surface area contributed by atoms with Crippen molar-refractivity contribution in [3.63, 3.8) is 0 Å². The van der Waals surface area contributed by atoms with Crippen LogP contribution >= 0.6 is 15.9 Å². The van der Waals surface area contributed by atoms with Crippen molar-refractivity contribution in [3.05, 3.63) is 52.0 Å². The molecule has 110 valence electrons. The maximum atomic E-state index is 12.0. The van der Waals surface area contributed by atoms with Crippen molar-refractivity contribution in [2.45, 2.75) is 13.8 Å².